The van der Waals surface area contributed by atoms with Crippen molar-refractivity contribution in [2.24, 2.45) is 5.92 Å². The second-order valence-electron chi connectivity index (χ2n) is 5.76. The predicted octanol–water partition coefficient (Wildman–Crippen LogP) is 1.77. The molecule has 0 fully saturated rings. The fourth-order valence-electron chi connectivity index (χ4n) is 1.91. The minimum atomic E-state index is -3.73. The number of hydrogen-bond donors (Lipinski definition) is 3. The molecule has 8 heteroatoms. The van der Waals surface area contributed by atoms with E-state index in [2.05, 4.69) is 10.0 Å². The summed E-state index contributed by atoms with van der Waals surface area (Å²) in [6.07, 6.45) is 0. The van der Waals surface area contributed by atoms with Gasteiger partial charge in [-0.25, -0.2) is 17.9 Å². The lowest BCUT2D eigenvalue weighted by atomic mass is 10.1. The number of nitrogens with one attached hydrogen (secondary N) is 2. The third-order valence-corrected chi connectivity index (χ3v) is 4.45. The molecule has 0 saturated carbocycles. The van der Waals surface area contributed by atoms with E-state index in [4.69, 9.17) is 4.74 Å². The Kier molecular flexibility index (Phi) is 6.99. The molecule has 0 radical (unpaired) electrons. The second kappa shape index (κ2) is 8.28. The first kappa shape index (κ1) is 19.4. The molecule has 7 nitrogen and oxygen atoms in total. The van der Waals surface area contributed by atoms with E-state index in [1.165, 1.54) is 12.1 Å². The molecule has 0 unspecified atom stereocenters. The number of rotatable bonds is 9. The molecule has 0 aromatic heterocycles. The van der Waals surface area contributed by atoms with Crippen molar-refractivity contribution in [1.82, 2.24) is 4.72 Å². The predicted molar refractivity (Wildman–Crippen MR) is 88.4 cm³/mol. The van der Waals surface area contributed by atoms with Crippen LogP contribution in [0.4, 0.5) is 5.69 Å². The van der Waals surface area contributed by atoms with Crippen LogP contribution in [0.5, 0.6) is 0 Å². The van der Waals surface area contributed by atoms with E-state index in [9.17, 15) is 18.3 Å². The van der Waals surface area contributed by atoms with Gasteiger partial charge >= 0.3 is 5.97 Å². The molecule has 0 aliphatic carbocycles. The standard InChI is InChI=1S/C15H24N2O5S/c1-10(2)8-16-23(20,21)12-5-6-14(13(7-12)15(18)19)17-11(3)9-22-4/h5-7,10-11,16-17H,8-9H2,1-4H3,(H,18,19)/t11-/m0/s1. The van der Waals surface area contributed by atoms with Crippen LogP contribution in [0.1, 0.15) is 31.1 Å². The highest BCUT2D eigenvalue weighted by Crippen LogP contribution is 2.21. The SMILES string of the molecule is COC[C@H](C)Nc1ccc(S(=O)(=O)NCC(C)C)cc1C(=O)O. The highest BCUT2D eigenvalue weighted by molar-refractivity contribution is 7.89. The number of hydrogen-bond acceptors (Lipinski definition) is 5. The minimum Gasteiger partial charge on any atom is -0.478 e. The summed E-state index contributed by atoms with van der Waals surface area (Å²) in [7, 11) is -2.18. The number of sulfonamides is 1. The molecule has 0 amide bonds. The smallest absolute Gasteiger partial charge is 0.337 e. The molecule has 1 atom stereocenters. The van der Waals surface area contributed by atoms with E-state index in [1.807, 2.05) is 20.8 Å². The van der Waals surface area contributed by atoms with Gasteiger partial charge in [-0.1, -0.05) is 13.8 Å². The first-order chi connectivity index (χ1) is 10.7. The highest BCUT2D eigenvalue weighted by Gasteiger charge is 2.19. The van der Waals surface area contributed by atoms with E-state index < -0.39 is 16.0 Å². The maximum Gasteiger partial charge on any atom is 0.337 e. The van der Waals surface area contributed by atoms with Gasteiger partial charge in [-0.2, -0.15) is 0 Å². The summed E-state index contributed by atoms with van der Waals surface area (Å²) in [5, 5.41) is 12.3. The molecule has 0 aliphatic heterocycles. The van der Waals surface area contributed by atoms with Gasteiger partial charge < -0.3 is 15.2 Å². The quantitative estimate of drug-likeness (QED) is 0.630. The molecule has 0 saturated heterocycles. The van der Waals surface area contributed by atoms with Crippen molar-refractivity contribution in [3.63, 3.8) is 0 Å². The van der Waals surface area contributed by atoms with Gasteiger partial charge in [-0.3, -0.25) is 0 Å². The number of carboxylic acid groups (broad SMARTS) is 1. The molecular formula is C15H24N2O5S. The maximum atomic E-state index is 12.2. The van der Waals surface area contributed by atoms with Crippen LogP contribution in [0.15, 0.2) is 23.1 Å². The Balaban J connectivity index is 3.10. The average Bonchev–Trinajstić information content (AvgIpc) is 2.45. The third kappa shape index (κ3) is 5.81. The molecular weight excluding hydrogens is 320 g/mol. The van der Waals surface area contributed by atoms with E-state index in [-0.39, 0.29) is 29.0 Å². The molecule has 1 aromatic carbocycles. The van der Waals surface area contributed by atoms with Crippen LogP contribution in [0, 0.1) is 5.92 Å². The van der Waals surface area contributed by atoms with Crippen LogP contribution in [0.25, 0.3) is 0 Å². The van der Waals surface area contributed by atoms with Crippen LogP contribution < -0.4 is 10.0 Å². The van der Waals surface area contributed by atoms with Crippen molar-refractivity contribution in [3.8, 4) is 0 Å². The van der Waals surface area contributed by atoms with Gasteiger partial charge in [0.05, 0.1) is 17.1 Å². The normalized spacial score (nSPS) is 13.1. The summed E-state index contributed by atoms with van der Waals surface area (Å²) in [5.74, 6) is -1.04. The molecule has 1 aromatic rings. The van der Waals surface area contributed by atoms with Crippen LogP contribution in [-0.2, 0) is 14.8 Å². The average molecular weight is 344 g/mol. The van der Waals surface area contributed by atoms with E-state index >= 15 is 0 Å². The first-order valence-corrected chi connectivity index (χ1v) is 8.78. The molecule has 1 rings (SSSR count). The lowest BCUT2D eigenvalue weighted by Crippen LogP contribution is -2.28. The second-order valence-corrected chi connectivity index (χ2v) is 7.53. The van der Waals surface area contributed by atoms with Crippen LogP contribution >= 0.6 is 0 Å². The summed E-state index contributed by atoms with van der Waals surface area (Å²) in [6.45, 7) is 6.29. The fraction of sp³-hybridized carbons (Fsp3) is 0.533. The van der Waals surface area contributed by atoms with Crippen molar-refractivity contribution in [2.75, 3.05) is 25.6 Å². The van der Waals surface area contributed by atoms with Crippen molar-refractivity contribution < 1.29 is 23.1 Å². The number of carbonyl (C=O) groups is 1. The van der Waals surface area contributed by atoms with Gasteiger partial charge in [0.2, 0.25) is 10.0 Å². The third-order valence-electron chi connectivity index (χ3n) is 3.03. The van der Waals surface area contributed by atoms with Crippen molar-refractivity contribution in [3.05, 3.63) is 23.8 Å². The minimum absolute atomic E-state index is 0.0690. The Hall–Kier alpha value is -1.64. The van der Waals surface area contributed by atoms with Gasteiger partial charge in [0, 0.05) is 25.4 Å². The summed E-state index contributed by atoms with van der Waals surface area (Å²) in [5.41, 5.74) is 0.255. The summed E-state index contributed by atoms with van der Waals surface area (Å²) < 4.78 is 31.9. The largest absolute Gasteiger partial charge is 0.478 e. The van der Waals surface area contributed by atoms with Gasteiger partial charge in [-0.15, -0.1) is 0 Å². The molecule has 0 bridgehead atoms. The topological polar surface area (TPSA) is 105 Å². The van der Waals surface area contributed by atoms with Gasteiger partial charge in [0.1, 0.15) is 0 Å². The van der Waals surface area contributed by atoms with Gasteiger partial charge in [0.15, 0.2) is 0 Å². The zero-order chi connectivity index (χ0) is 17.6. The first-order valence-electron chi connectivity index (χ1n) is 7.30. The Labute approximate surface area is 137 Å². The van der Waals surface area contributed by atoms with E-state index in [0.29, 0.717) is 12.3 Å². The number of benzene rings is 1. The molecule has 23 heavy (non-hydrogen) atoms. The lowest BCUT2D eigenvalue weighted by molar-refractivity contribution is 0.0697. The van der Waals surface area contributed by atoms with Crippen molar-refractivity contribution in [2.45, 2.75) is 31.7 Å². The highest BCUT2D eigenvalue weighted by atomic mass is 32.2. The molecule has 0 aliphatic rings. The zero-order valence-corrected chi connectivity index (χ0v) is 14.6. The van der Waals surface area contributed by atoms with Crippen LogP contribution in [-0.4, -0.2) is 45.8 Å². The van der Waals surface area contributed by atoms with Crippen LogP contribution in [0.3, 0.4) is 0 Å². The van der Waals surface area contributed by atoms with Crippen LogP contribution in [0.2, 0.25) is 0 Å². The molecule has 3 N–H and O–H groups in total. The lowest BCUT2D eigenvalue weighted by Gasteiger charge is -2.17. The Morgan fingerprint density at radius 3 is 2.48 bits per heavy atom. The van der Waals surface area contributed by atoms with E-state index in [0.717, 1.165) is 6.07 Å². The number of ether oxygens (including phenoxy) is 1. The summed E-state index contributed by atoms with van der Waals surface area (Å²) in [6, 6.07) is 3.89. The van der Waals surface area contributed by atoms with Crippen molar-refractivity contribution in [1.29, 1.82) is 0 Å². The van der Waals surface area contributed by atoms with Gasteiger partial charge in [-0.05, 0) is 31.0 Å². The maximum absolute atomic E-state index is 12.2. The Morgan fingerprint density at radius 1 is 1.30 bits per heavy atom. The Bertz CT molecular complexity index is 643. The number of anilines is 1. The summed E-state index contributed by atoms with van der Waals surface area (Å²) >= 11 is 0. The fourth-order valence-corrected chi connectivity index (χ4v) is 3.15. The van der Waals surface area contributed by atoms with E-state index in [1.54, 1.807) is 7.11 Å². The molecule has 0 spiro atoms. The van der Waals surface area contributed by atoms with Gasteiger partial charge in [0.25, 0.3) is 0 Å². The zero-order valence-electron chi connectivity index (χ0n) is 13.8. The monoisotopic (exact) mass is 344 g/mol. The molecule has 130 valence electrons. The number of carboxylic acids is 1. The number of aromatic carboxylic acids is 1. The van der Waals surface area contributed by atoms with Crippen molar-refractivity contribution >= 4 is 21.7 Å². The molecule has 0 heterocycles. The number of methoxy groups -OCH3 is 1. The Morgan fingerprint density at radius 2 is 1.96 bits per heavy atom. The summed E-state index contributed by atoms with van der Waals surface area (Å²) in [4.78, 5) is 11.4.